The molecule has 0 radical (unpaired) electrons. The minimum atomic E-state index is -1.30. The molecular weight excluding hydrogens is 543 g/mol. The van der Waals surface area contributed by atoms with Gasteiger partial charge in [0.2, 0.25) is 11.6 Å². The van der Waals surface area contributed by atoms with Crippen LogP contribution in [0.1, 0.15) is 35.8 Å². The molecule has 0 amide bonds. The number of ether oxygens (including phenoxy) is 2. The fraction of sp³-hybridized carbons (Fsp3) is 0.231. The molecule has 4 N–H and O–H groups in total. The Morgan fingerprint density at radius 2 is 1.05 bits per heavy atom. The van der Waals surface area contributed by atoms with Crippen molar-refractivity contribution < 1.29 is 49.1 Å². The second-order valence-electron chi connectivity index (χ2n) is 8.27. The number of phenolic OH excluding ortho intramolecular Hbond substituents is 2. The van der Waals surface area contributed by atoms with Gasteiger partial charge in [-0.2, -0.15) is 0 Å². The van der Waals surface area contributed by atoms with E-state index in [1.807, 2.05) is 0 Å². The first kappa shape index (κ1) is 28.5. The minimum Gasteiger partial charge on any atom is -0.506 e. The Labute approximate surface area is 226 Å². The van der Waals surface area contributed by atoms with Gasteiger partial charge in [0.15, 0.2) is 11.5 Å². The molecule has 1 aliphatic carbocycles. The molecule has 3 rings (SSSR count). The number of phenols is 2. The van der Waals surface area contributed by atoms with Gasteiger partial charge in [0.1, 0.15) is 11.5 Å². The lowest BCUT2D eigenvalue weighted by Gasteiger charge is -2.27. The first-order valence-electron chi connectivity index (χ1n) is 11.0. The van der Waals surface area contributed by atoms with Crippen LogP contribution in [0.25, 0.3) is 0 Å². The molecule has 0 saturated heterocycles. The molecule has 10 nitrogen and oxygen atoms in total. The third kappa shape index (κ3) is 5.61. The largest absolute Gasteiger partial charge is 0.506 e. The molecular formula is C26H22Cl2O10. The average molecular weight is 565 g/mol. The number of aliphatic hydroxyl groups is 2. The number of carbonyl (C=O) groups is 4. The van der Waals surface area contributed by atoms with Gasteiger partial charge in [-0.3, -0.25) is 19.2 Å². The van der Waals surface area contributed by atoms with E-state index in [-0.39, 0.29) is 32.7 Å². The molecule has 200 valence electrons. The number of methoxy groups -OCH3 is 2. The van der Waals surface area contributed by atoms with E-state index >= 15 is 0 Å². The molecule has 0 fully saturated rings. The van der Waals surface area contributed by atoms with Gasteiger partial charge in [0.25, 0.3) is 0 Å². The van der Waals surface area contributed by atoms with Crippen molar-refractivity contribution >= 4 is 46.7 Å². The van der Waals surface area contributed by atoms with Crippen molar-refractivity contribution in [3.63, 3.8) is 0 Å². The van der Waals surface area contributed by atoms with Crippen LogP contribution < -0.4 is 0 Å². The van der Waals surface area contributed by atoms with Crippen molar-refractivity contribution in [1.29, 1.82) is 0 Å². The zero-order valence-corrected chi connectivity index (χ0v) is 21.5. The second kappa shape index (κ2) is 11.6. The number of allylic oxidation sites excluding steroid dienone is 2. The maximum Gasteiger partial charge on any atom is 0.306 e. The van der Waals surface area contributed by atoms with E-state index in [0.29, 0.717) is 0 Å². The van der Waals surface area contributed by atoms with Gasteiger partial charge in [-0.15, -0.1) is 0 Å². The molecule has 2 aromatic carbocycles. The zero-order chi connectivity index (χ0) is 28.3. The number of hydrogen-bond donors (Lipinski definition) is 4. The quantitative estimate of drug-likeness (QED) is 0.269. The minimum absolute atomic E-state index is 0.130. The molecule has 0 spiro atoms. The maximum absolute atomic E-state index is 13.4. The van der Waals surface area contributed by atoms with E-state index < -0.39 is 70.8 Å². The fourth-order valence-electron chi connectivity index (χ4n) is 4.11. The second-order valence-corrected chi connectivity index (χ2v) is 9.08. The number of rotatable bonds is 8. The smallest absolute Gasteiger partial charge is 0.306 e. The van der Waals surface area contributed by atoms with Crippen LogP contribution >= 0.6 is 23.2 Å². The molecule has 0 bridgehead atoms. The van der Waals surface area contributed by atoms with Gasteiger partial charge < -0.3 is 29.9 Å². The van der Waals surface area contributed by atoms with Crippen LogP contribution in [0.2, 0.25) is 10.0 Å². The van der Waals surface area contributed by atoms with Crippen LogP contribution in [0.15, 0.2) is 59.1 Å². The Balaban J connectivity index is 2.18. The fourth-order valence-corrected chi connectivity index (χ4v) is 4.49. The Bertz CT molecular complexity index is 1290. The Kier molecular flexibility index (Phi) is 8.70. The maximum atomic E-state index is 13.4. The summed E-state index contributed by atoms with van der Waals surface area (Å²) in [6, 6.07) is 7.49. The number of esters is 2. The summed E-state index contributed by atoms with van der Waals surface area (Å²) in [5.74, 6) is -9.32. The number of carbonyl (C=O) groups excluding carboxylic acids is 4. The van der Waals surface area contributed by atoms with Gasteiger partial charge in [-0.1, -0.05) is 35.3 Å². The average Bonchev–Trinajstić information content (AvgIpc) is 2.89. The van der Waals surface area contributed by atoms with E-state index in [2.05, 4.69) is 9.47 Å². The molecule has 0 unspecified atom stereocenters. The number of benzene rings is 2. The summed E-state index contributed by atoms with van der Waals surface area (Å²) in [6.45, 7) is 0. The highest BCUT2D eigenvalue weighted by Crippen LogP contribution is 2.42. The molecule has 2 atom stereocenters. The Hall–Kier alpha value is -4.02. The van der Waals surface area contributed by atoms with Crippen LogP contribution in [-0.2, 0) is 28.7 Å². The van der Waals surface area contributed by atoms with E-state index in [4.69, 9.17) is 23.2 Å². The van der Waals surface area contributed by atoms with E-state index in [0.717, 1.165) is 14.2 Å². The Morgan fingerprint density at radius 1 is 0.711 bits per heavy atom. The summed E-state index contributed by atoms with van der Waals surface area (Å²) in [5.41, 5.74) is -0.893. The highest BCUT2D eigenvalue weighted by atomic mass is 35.5. The third-order valence-corrected chi connectivity index (χ3v) is 6.68. The topological polar surface area (TPSA) is 168 Å². The summed E-state index contributed by atoms with van der Waals surface area (Å²) in [7, 11) is 2.20. The third-order valence-electron chi connectivity index (χ3n) is 6.07. The van der Waals surface area contributed by atoms with Gasteiger partial charge in [0, 0.05) is 11.8 Å². The standard InChI is InChI=1S/C26H22Cl2O10/c1-37-19(31)9-13(11-3-5-17(29)15(27)7-11)21-23(33)25(35)22(26(36)24(21)34)14(10-20(32)38-2)12-4-6-18(30)16(28)8-12/h3-8,13-14,29-30,33,36H,9-10H2,1-2H3/t13-,14-/m1/s1. The number of aromatic hydroxyl groups is 2. The van der Waals surface area contributed by atoms with Gasteiger partial charge in [-0.05, 0) is 35.4 Å². The molecule has 0 aliphatic heterocycles. The molecule has 0 aromatic heterocycles. The first-order chi connectivity index (χ1) is 17.9. The van der Waals surface area contributed by atoms with Gasteiger partial charge in [-0.25, -0.2) is 0 Å². The SMILES string of the molecule is COC(=O)C[C@@H](C1=C(O)C(=O)C([C@H](CC(=O)OC)c2ccc(O)c(Cl)c2)=C(O)C1=O)c1ccc(O)c(Cl)c1. The predicted molar refractivity (Wildman–Crippen MR) is 134 cm³/mol. The van der Waals surface area contributed by atoms with Gasteiger partial charge >= 0.3 is 11.9 Å². The van der Waals surface area contributed by atoms with Crippen LogP contribution in [0.3, 0.4) is 0 Å². The first-order valence-corrected chi connectivity index (χ1v) is 11.7. The summed E-state index contributed by atoms with van der Waals surface area (Å²) in [5, 5.41) is 41.2. The molecule has 2 aromatic rings. The van der Waals surface area contributed by atoms with Crippen molar-refractivity contribution in [2.45, 2.75) is 24.7 Å². The van der Waals surface area contributed by atoms with Gasteiger partial charge in [0.05, 0.1) is 48.3 Å². The Morgan fingerprint density at radius 3 is 1.34 bits per heavy atom. The summed E-state index contributed by atoms with van der Waals surface area (Å²) >= 11 is 12.0. The summed E-state index contributed by atoms with van der Waals surface area (Å²) in [4.78, 5) is 51.2. The number of halogens is 2. The van der Waals surface area contributed by atoms with E-state index in [1.165, 1.54) is 36.4 Å². The summed E-state index contributed by atoms with van der Waals surface area (Å²) in [6.07, 6.45) is -1.06. The number of aliphatic hydroxyl groups excluding tert-OH is 2. The van der Waals surface area contributed by atoms with Crippen LogP contribution in [-0.4, -0.2) is 58.2 Å². The normalized spacial score (nSPS) is 15.4. The molecule has 38 heavy (non-hydrogen) atoms. The summed E-state index contributed by atoms with van der Waals surface area (Å²) < 4.78 is 9.37. The molecule has 0 heterocycles. The monoisotopic (exact) mass is 564 g/mol. The lowest BCUT2D eigenvalue weighted by Crippen LogP contribution is -2.31. The van der Waals surface area contributed by atoms with E-state index in [1.54, 1.807) is 0 Å². The molecule has 0 saturated carbocycles. The van der Waals surface area contributed by atoms with Crippen molar-refractivity contribution in [3.05, 3.63) is 80.2 Å². The van der Waals surface area contributed by atoms with Crippen molar-refractivity contribution in [3.8, 4) is 11.5 Å². The molecule has 1 aliphatic rings. The van der Waals surface area contributed by atoms with Crippen molar-refractivity contribution in [1.82, 2.24) is 0 Å². The predicted octanol–water partition coefficient (Wildman–Crippen LogP) is 4.17. The van der Waals surface area contributed by atoms with Crippen molar-refractivity contribution in [2.24, 2.45) is 0 Å². The highest BCUT2D eigenvalue weighted by molar-refractivity contribution is 6.32. The van der Waals surface area contributed by atoms with Crippen LogP contribution in [0, 0.1) is 0 Å². The van der Waals surface area contributed by atoms with Crippen LogP contribution in [0.4, 0.5) is 0 Å². The van der Waals surface area contributed by atoms with Crippen LogP contribution in [0.5, 0.6) is 11.5 Å². The number of Topliss-reactive ketones (excluding diaryl/α,β-unsaturated/α-hetero) is 2. The lowest BCUT2D eigenvalue weighted by atomic mass is 9.76. The number of hydrogen-bond acceptors (Lipinski definition) is 10. The molecule has 12 heteroatoms. The lowest BCUT2D eigenvalue weighted by molar-refractivity contribution is -0.142. The zero-order valence-electron chi connectivity index (χ0n) is 20.0. The van der Waals surface area contributed by atoms with Crippen molar-refractivity contribution in [2.75, 3.05) is 14.2 Å². The van der Waals surface area contributed by atoms with E-state index in [9.17, 15) is 39.6 Å². The highest BCUT2D eigenvalue weighted by Gasteiger charge is 2.43. The number of ketones is 2.